The van der Waals surface area contributed by atoms with E-state index in [9.17, 15) is 19.5 Å². The van der Waals surface area contributed by atoms with Gasteiger partial charge in [-0.3, -0.25) is 14.5 Å². The summed E-state index contributed by atoms with van der Waals surface area (Å²) in [5.74, 6) is -1.53. The number of hydrogen-bond donors (Lipinski definition) is 4. The predicted octanol–water partition coefficient (Wildman–Crippen LogP) is 3.39. The van der Waals surface area contributed by atoms with E-state index in [4.69, 9.17) is 0 Å². The standard InChI is InChI=1S/C27H32N4O4/c1-17-7-8-18(2)23(13-17)29-26(33)16-31(20-9-10-20)12-11-25(32)30-24(27(34)35)14-19-15-28-22-6-4-3-5-21(19)22/h3-8,13,15,20,24,28H,9-12,14,16H2,1-2H3,(H,29,33)(H,30,32)(H,34,35). The SMILES string of the molecule is Cc1ccc(C)c(NC(=O)CN(CCC(=O)NC(Cc2c[nH]c3ccccc23)C(=O)O)C2CC2)c1. The fourth-order valence-corrected chi connectivity index (χ4v) is 4.31. The molecule has 8 nitrogen and oxygen atoms in total. The number of carbonyl (C=O) groups excluding carboxylic acids is 2. The second-order valence-electron chi connectivity index (χ2n) is 9.34. The van der Waals surface area contributed by atoms with E-state index in [0.29, 0.717) is 6.54 Å². The van der Waals surface area contributed by atoms with E-state index in [-0.39, 0.29) is 37.2 Å². The lowest BCUT2D eigenvalue weighted by Crippen LogP contribution is -2.44. The van der Waals surface area contributed by atoms with Gasteiger partial charge in [0.15, 0.2) is 0 Å². The number of nitrogens with zero attached hydrogens (tertiary/aromatic N) is 1. The van der Waals surface area contributed by atoms with Crippen molar-refractivity contribution in [3.63, 3.8) is 0 Å². The van der Waals surface area contributed by atoms with Gasteiger partial charge >= 0.3 is 5.97 Å². The van der Waals surface area contributed by atoms with Crippen LogP contribution < -0.4 is 10.6 Å². The molecule has 4 rings (SSSR count). The van der Waals surface area contributed by atoms with Crippen molar-refractivity contribution in [3.8, 4) is 0 Å². The molecule has 1 aromatic heterocycles. The number of carboxylic acids is 1. The third kappa shape index (κ3) is 6.48. The van der Waals surface area contributed by atoms with Crippen molar-refractivity contribution in [1.29, 1.82) is 0 Å². The number of para-hydroxylation sites is 1. The third-order valence-corrected chi connectivity index (χ3v) is 6.44. The Morgan fingerprint density at radius 1 is 1.11 bits per heavy atom. The van der Waals surface area contributed by atoms with Crippen molar-refractivity contribution >= 4 is 34.4 Å². The number of H-pyrrole nitrogens is 1. The van der Waals surface area contributed by atoms with Gasteiger partial charge in [-0.2, -0.15) is 0 Å². The van der Waals surface area contributed by atoms with Crippen LogP contribution in [0.25, 0.3) is 10.9 Å². The van der Waals surface area contributed by atoms with Crippen molar-refractivity contribution in [2.24, 2.45) is 0 Å². The largest absolute Gasteiger partial charge is 0.480 e. The van der Waals surface area contributed by atoms with E-state index < -0.39 is 12.0 Å². The zero-order valence-electron chi connectivity index (χ0n) is 20.1. The molecule has 0 bridgehead atoms. The number of fused-ring (bicyclic) bond motifs is 1. The lowest BCUT2D eigenvalue weighted by molar-refractivity contribution is -0.141. The number of rotatable bonds is 11. The van der Waals surface area contributed by atoms with Gasteiger partial charge in [0.1, 0.15) is 6.04 Å². The molecule has 1 atom stereocenters. The summed E-state index contributed by atoms with van der Waals surface area (Å²) >= 11 is 0. The maximum absolute atomic E-state index is 12.7. The van der Waals surface area contributed by atoms with E-state index in [1.807, 2.05) is 61.2 Å². The van der Waals surface area contributed by atoms with Crippen LogP contribution in [-0.4, -0.2) is 57.9 Å². The normalized spacial score (nSPS) is 14.1. The Morgan fingerprint density at radius 2 is 1.89 bits per heavy atom. The molecule has 1 fully saturated rings. The van der Waals surface area contributed by atoms with Crippen molar-refractivity contribution in [1.82, 2.24) is 15.2 Å². The Balaban J connectivity index is 1.31. The second-order valence-corrected chi connectivity index (χ2v) is 9.34. The smallest absolute Gasteiger partial charge is 0.326 e. The number of aromatic nitrogens is 1. The Morgan fingerprint density at radius 3 is 2.63 bits per heavy atom. The van der Waals surface area contributed by atoms with Gasteiger partial charge in [-0.05, 0) is 55.5 Å². The van der Waals surface area contributed by atoms with Crippen LogP contribution in [0.1, 0.15) is 36.0 Å². The topological polar surface area (TPSA) is 115 Å². The molecule has 1 unspecified atom stereocenters. The second kappa shape index (κ2) is 10.7. The lowest BCUT2D eigenvalue weighted by atomic mass is 10.0. The summed E-state index contributed by atoms with van der Waals surface area (Å²) in [5.41, 5.74) is 4.64. The van der Waals surface area contributed by atoms with Crippen LogP contribution in [0.3, 0.4) is 0 Å². The maximum atomic E-state index is 12.7. The van der Waals surface area contributed by atoms with Gasteiger partial charge in [-0.1, -0.05) is 30.3 Å². The highest BCUT2D eigenvalue weighted by atomic mass is 16.4. The number of aliphatic carboxylic acids is 1. The van der Waals surface area contributed by atoms with E-state index in [0.717, 1.165) is 46.1 Å². The molecule has 0 spiro atoms. The predicted molar refractivity (Wildman–Crippen MR) is 135 cm³/mol. The molecule has 1 aliphatic carbocycles. The van der Waals surface area contributed by atoms with Crippen molar-refractivity contribution < 1.29 is 19.5 Å². The highest BCUT2D eigenvalue weighted by molar-refractivity contribution is 5.93. The van der Waals surface area contributed by atoms with Crippen molar-refractivity contribution in [2.75, 3.05) is 18.4 Å². The van der Waals surface area contributed by atoms with Gasteiger partial charge in [0.05, 0.1) is 6.54 Å². The van der Waals surface area contributed by atoms with Gasteiger partial charge in [-0.25, -0.2) is 4.79 Å². The Labute approximate surface area is 204 Å². The van der Waals surface area contributed by atoms with Crippen LogP contribution >= 0.6 is 0 Å². The molecule has 1 aliphatic rings. The number of nitrogens with one attached hydrogen (secondary N) is 3. The van der Waals surface area contributed by atoms with Crippen LogP contribution in [0.15, 0.2) is 48.7 Å². The summed E-state index contributed by atoms with van der Waals surface area (Å²) in [6.45, 7) is 4.53. The molecule has 184 valence electrons. The van der Waals surface area contributed by atoms with Crippen molar-refractivity contribution in [2.45, 2.75) is 51.6 Å². The van der Waals surface area contributed by atoms with E-state index >= 15 is 0 Å². The van der Waals surface area contributed by atoms with Crippen LogP contribution in [0.4, 0.5) is 5.69 Å². The highest BCUT2D eigenvalue weighted by Crippen LogP contribution is 2.27. The average Bonchev–Trinajstić information content (AvgIpc) is 3.59. The molecule has 0 radical (unpaired) electrons. The van der Waals surface area contributed by atoms with E-state index in [1.165, 1.54) is 0 Å². The first-order valence-electron chi connectivity index (χ1n) is 12.0. The minimum absolute atomic E-state index is 0.117. The number of aryl methyl sites for hydroxylation is 2. The Bertz CT molecular complexity index is 1230. The molecule has 0 saturated heterocycles. The monoisotopic (exact) mass is 476 g/mol. The molecule has 8 heteroatoms. The summed E-state index contributed by atoms with van der Waals surface area (Å²) in [7, 11) is 0. The molecular weight excluding hydrogens is 444 g/mol. The molecule has 4 N–H and O–H groups in total. The molecule has 2 aromatic carbocycles. The minimum Gasteiger partial charge on any atom is -0.480 e. The summed E-state index contributed by atoms with van der Waals surface area (Å²) in [6.07, 6.45) is 4.10. The summed E-state index contributed by atoms with van der Waals surface area (Å²) < 4.78 is 0. The number of aromatic amines is 1. The minimum atomic E-state index is -1.07. The first kappa shape index (κ1) is 24.5. The molecule has 0 aliphatic heterocycles. The Kier molecular flexibility index (Phi) is 7.51. The summed E-state index contributed by atoms with van der Waals surface area (Å²) in [6, 6.07) is 12.9. The average molecular weight is 477 g/mol. The van der Waals surface area contributed by atoms with Gasteiger partial charge in [0, 0.05) is 48.2 Å². The third-order valence-electron chi connectivity index (χ3n) is 6.44. The first-order chi connectivity index (χ1) is 16.8. The van der Waals surface area contributed by atoms with Crippen LogP contribution in [-0.2, 0) is 20.8 Å². The van der Waals surface area contributed by atoms with Gasteiger partial charge < -0.3 is 20.7 Å². The van der Waals surface area contributed by atoms with Crippen LogP contribution in [0.2, 0.25) is 0 Å². The lowest BCUT2D eigenvalue weighted by Gasteiger charge is -2.22. The summed E-state index contributed by atoms with van der Waals surface area (Å²) in [5, 5.41) is 16.3. The number of anilines is 1. The molecule has 1 heterocycles. The quantitative estimate of drug-likeness (QED) is 0.339. The number of carboxylic acid groups (broad SMARTS) is 1. The molecule has 3 aromatic rings. The van der Waals surface area contributed by atoms with E-state index in [1.54, 1.807) is 6.20 Å². The maximum Gasteiger partial charge on any atom is 0.326 e. The molecular formula is C27H32N4O4. The van der Waals surface area contributed by atoms with Crippen LogP contribution in [0, 0.1) is 13.8 Å². The fourth-order valence-electron chi connectivity index (χ4n) is 4.31. The number of carbonyl (C=O) groups is 3. The zero-order chi connectivity index (χ0) is 24.9. The highest BCUT2D eigenvalue weighted by Gasteiger charge is 2.31. The van der Waals surface area contributed by atoms with Crippen LogP contribution in [0.5, 0.6) is 0 Å². The molecule has 2 amide bonds. The Hall–Kier alpha value is -3.65. The van der Waals surface area contributed by atoms with Gasteiger partial charge in [-0.15, -0.1) is 0 Å². The van der Waals surface area contributed by atoms with Crippen molar-refractivity contribution in [3.05, 3.63) is 65.4 Å². The summed E-state index contributed by atoms with van der Waals surface area (Å²) in [4.78, 5) is 42.3. The van der Waals surface area contributed by atoms with Gasteiger partial charge in [0.25, 0.3) is 0 Å². The zero-order valence-corrected chi connectivity index (χ0v) is 20.1. The molecule has 35 heavy (non-hydrogen) atoms. The van der Waals surface area contributed by atoms with E-state index in [2.05, 4.69) is 15.6 Å². The number of amides is 2. The number of hydrogen-bond acceptors (Lipinski definition) is 4. The fraction of sp³-hybridized carbons (Fsp3) is 0.370. The van der Waals surface area contributed by atoms with Gasteiger partial charge in [0.2, 0.25) is 11.8 Å². The molecule has 1 saturated carbocycles. The first-order valence-corrected chi connectivity index (χ1v) is 12.0. The number of benzene rings is 2.